The zero-order valence-electron chi connectivity index (χ0n) is 10.3. The van der Waals surface area contributed by atoms with Gasteiger partial charge in [-0.15, -0.1) is 0 Å². The Bertz CT molecular complexity index is 790. The van der Waals surface area contributed by atoms with E-state index in [0.717, 1.165) is 11.8 Å². The second kappa shape index (κ2) is 5.09. The van der Waals surface area contributed by atoms with E-state index in [1.807, 2.05) is 0 Å². The van der Waals surface area contributed by atoms with Crippen molar-refractivity contribution in [1.82, 2.24) is 4.98 Å². The Morgan fingerprint density at radius 3 is 2.60 bits per heavy atom. The molecule has 0 atom stereocenters. The molecule has 0 unspecified atom stereocenters. The van der Waals surface area contributed by atoms with Crippen LogP contribution in [0.25, 0.3) is 10.9 Å². The van der Waals surface area contributed by atoms with Crippen molar-refractivity contribution in [1.29, 1.82) is 0 Å². The Kier molecular flexibility index (Phi) is 3.28. The molecule has 0 spiro atoms. The number of rotatable bonds is 2. The molecular weight excluding hydrogens is 278 g/mol. The van der Waals surface area contributed by atoms with Gasteiger partial charge in [0.2, 0.25) is 0 Å². The van der Waals surface area contributed by atoms with Crippen LogP contribution < -0.4 is 5.73 Å². The first-order valence-corrected chi connectivity index (χ1v) is 6.73. The van der Waals surface area contributed by atoms with Crippen LogP contribution in [-0.4, -0.2) is 4.98 Å². The number of benzene rings is 2. The van der Waals surface area contributed by atoms with E-state index in [1.165, 1.54) is 12.1 Å². The molecule has 2 nitrogen and oxygen atoms in total. The van der Waals surface area contributed by atoms with Crippen LogP contribution in [-0.2, 0) is 0 Å². The van der Waals surface area contributed by atoms with Crippen LogP contribution >= 0.6 is 11.8 Å². The number of halogens is 2. The number of aromatic nitrogens is 1. The van der Waals surface area contributed by atoms with Gasteiger partial charge in [0.05, 0.1) is 10.4 Å². The number of nitrogens with two attached hydrogens (primary N) is 1. The van der Waals surface area contributed by atoms with Gasteiger partial charge in [-0.25, -0.2) is 8.78 Å². The summed E-state index contributed by atoms with van der Waals surface area (Å²) in [6.07, 6.45) is 1.56. The lowest BCUT2D eigenvalue weighted by molar-refractivity contribution is 0.597. The Balaban J connectivity index is 2.19. The van der Waals surface area contributed by atoms with E-state index in [2.05, 4.69) is 4.98 Å². The van der Waals surface area contributed by atoms with E-state index in [9.17, 15) is 8.78 Å². The zero-order chi connectivity index (χ0) is 14.1. The van der Waals surface area contributed by atoms with E-state index in [0.29, 0.717) is 21.5 Å². The molecule has 0 amide bonds. The SMILES string of the molecule is Nc1cc(F)c(Sc2ccccc2F)c2ncccc12. The number of hydrogen-bond donors (Lipinski definition) is 1. The predicted molar refractivity (Wildman–Crippen MR) is 76.6 cm³/mol. The standard InChI is InChI=1S/C15H10F2N2S/c16-10-5-1-2-6-13(10)20-15-11(17)8-12(18)9-4-3-7-19-14(9)15/h1-8H,18H2. The lowest BCUT2D eigenvalue weighted by atomic mass is 10.2. The van der Waals surface area contributed by atoms with Gasteiger partial charge in [-0.1, -0.05) is 23.9 Å². The Hall–Kier alpha value is -2.14. The predicted octanol–water partition coefficient (Wildman–Crippen LogP) is 4.25. The molecule has 1 heterocycles. The van der Waals surface area contributed by atoms with Crippen LogP contribution in [0.15, 0.2) is 58.5 Å². The first kappa shape index (κ1) is 12.9. The first-order valence-electron chi connectivity index (χ1n) is 5.92. The van der Waals surface area contributed by atoms with Gasteiger partial charge in [-0.2, -0.15) is 0 Å². The third-order valence-corrected chi connectivity index (χ3v) is 4.03. The fraction of sp³-hybridized carbons (Fsp3) is 0. The molecule has 0 aliphatic carbocycles. The van der Waals surface area contributed by atoms with Gasteiger partial charge in [-0.3, -0.25) is 4.98 Å². The van der Waals surface area contributed by atoms with Gasteiger partial charge in [0.25, 0.3) is 0 Å². The Morgan fingerprint density at radius 1 is 1.00 bits per heavy atom. The summed E-state index contributed by atoms with van der Waals surface area (Å²) in [4.78, 5) is 4.79. The highest BCUT2D eigenvalue weighted by Gasteiger charge is 2.14. The van der Waals surface area contributed by atoms with E-state index in [4.69, 9.17) is 5.73 Å². The summed E-state index contributed by atoms with van der Waals surface area (Å²) in [6, 6.07) is 11.0. The fourth-order valence-corrected chi connectivity index (χ4v) is 2.89. The molecule has 20 heavy (non-hydrogen) atoms. The van der Waals surface area contributed by atoms with Gasteiger partial charge >= 0.3 is 0 Å². The molecule has 1 aromatic heterocycles. The summed E-state index contributed by atoms with van der Waals surface area (Å²) in [7, 11) is 0. The molecule has 3 rings (SSSR count). The number of nitrogens with zero attached hydrogens (tertiary/aromatic N) is 1. The van der Waals surface area contributed by atoms with Gasteiger partial charge < -0.3 is 5.73 Å². The summed E-state index contributed by atoms with van der Waals surface area (Å²) in [5.41, 5.74) is 6.55. The molecule has 0 aliphatic heterocycles. The first-order chi connectivity index (χ1) is 9.66. The maximum absolute atomic E-state index is 14.1. The average Bonchev–Trinajstić information content (AvgIpc) is 2.45. The molecule has 2 aromatic carbocycles. The van der Waals surface area contributed by atoms with E-state index in [1.54, 1.807) is 36.5 Å². The molecule has 0 bridgehead atoms. The zero-order valence-corrected chi connectivity index (χ0v) is 11.1. The summed E-state index contributed by atoms with van der Waals surface area (Å²) < 4.78 is 27.8. The minimum absolute atomic E-state index is 0.278. The normalized spacial score (nSPS) is 10.9. The van der Waals surface area contributed by atoms with Crippen LogP contribution in [0.5, 0.6) is 0 Å². The second-order valence-electron chi connectivity index (χ2n) is 4.21. The third kappa shape index (κ3) is 2.20. The molecule has 0 saturated heterocycles. The van der Waals surface area contributed by atoms with Crippen LogP contribution in [0.4, 0.5) is 14.5 Å². The molecule has 0 aliphatic rings. The van der Waals surface area contributed by atoms with E-state index in [-0.39, 0.29) is 4.90 Å². The summed E-state index contributed by atoms with van der Waals surface area (Å²) in [6.45, 7) is 0. The van der Waals surface area contributed by atoms with Crippen molar-refractivity contribution in [2.24, 2.45) is 0 Å². The van der Waals surface area contributed by atoms with Crippen molar-refractivity contribution in [3.8, 4) is 0 Å². The molecule has 0 radical (unpaired) electrons. The van der Waals surface area contributed by atoms with Crippen molar-refractivity contribution in [3.05, 3.63) is 60.3 Å². The molecule has 3 aromatic rings. The highest BCUT2D eigenvalue weighted by molar-refractivity contribution is 7.99. The number of hydrogen-bond acceptors (Lipinski definition) is 3. The van der Waals surface area contributed by atoms with Crippen LogP contribution in [0.2, 0.25) is 0 Å². The lowest BCUT2D eigenvalue weighted by Gasteiger charge is -2.09. The van der Waals surface area contributed by atoms with Gasteiger partial charge in [0, 0.05) is 22.2 Å². The van der Waals surface area contributed by atoms with Crippen molar-refractivity contribution < 1.29 is 8.78 Å². The fourth-order valence-electron chi connectivity index (χ4n) is 1.95. The maximum Gasteiger partial charge on any atom is 0.141 e. The average molecular weight is 288 g/mol. The molecule has 0 fully saturated rings. The molecule has 0 saturated carbocycles. The van der Waals surface area contributed by atoms with Crippen LogP contribution in [0.3, 0.4) is 0 Å². The minimum Gasteiger partial charge on any atom is -0.398 e. The minimum atomic E-state index is -0.498. The Morgan fingerprint density at radius 2 is 1.80 bits per heavy atom. The van der Waals surface area contributed by atoms with Crippen molar-refractivity contribution >= 4 is 28.4 Å². The summed E-state index contributed by atoms with van der Waals surface area (Å²) in [5, 5.41) is 0.660. The van der Waals surface area contributed by atoms with Gasteiger partial charge in [0.15, 0.2) is 0 Å². The smallest absolute Gasteiger partial charge is 0.141 e. The number of anilines is 1. The highest BCUT2D eigenvalue weighted by atomic mass is 32.2. The van der Waals surface area contributed by atoms with Crippen molar-refractivity contribution in [2.75, 3.05) is 5.73 Å². The molecule has 5 heteroatoms. The number of pyridine rings is 1. The number of fused-ring (bicyclic) bond motifs is 1. The molecule has 100 valence electrons. The maximum atomic E-state index is 14.1. The van der Waals surface area contributed by atoms with Crippen molar-refractivity contribution in [3.63, 3.8) is 0 Å². The van der Waals surface area contributed by atoms with E-state index < -0.39 is 11.6 Å². The quantitative estimate of drug-likeness (QED) is 0.717. The van der Waals surface area contributed by atoms with Crippen molar-refractivity contribution in [2.45, 2.75) is 9.79 Å². The largest absolute Gasteiger partial charge is 0.398 e. The summed E-state index contributed by atoms with van der Waals surface area (Å²) in [5.74, 6) is -0.889. The van der Waals surface area contributed by atoms with Gasteiger partial charge in [-0.05, 0) is 30.3 Å². The monoisotopic (exact) mass is 288 g/mol. The highest BCUT2D eigenvalue weighted by Crippen LogP contribution is 2.37. The third-order valence-electron chi connectivity index (χ3n) is 2.88. The second-order valence-corrected chi connectivity index (χ2v) is 5.26. The number of nitrogen functional groups attached to an aromatic ring is 1. The lowest BCUT2D eigenvalue weighted by Crippen LogP contribution is -1.94. The topological polar surface area (TPSA) is 38.9 Å². The molecule has 2 N–H and O–H groups in total. The summed E-state index contributed by atoms with van der Waals surface area (Å²) >= 11 is 1.01. The Labute approximate surface area is 118 Å². The van der Waals surface area contributed by atoms with Crippen LogP contribution in [0, 0.1) is 11.6 Å². The van der Waals surface area contributed by atoms with E-state index >= 15 is 0 Å². The van der Waals surface area contributed by atoms with Crippen LogP contribution in [0.1, 0.15) is 0 Å². The van der Waals surface area contributed by atoms with Gasteiger partial charge in [0.1, 0.15) is 11.6 Å². The molecular formula is C15H10F2N2S.